The van der Waals surface area contributed by atoms with Crippen LogP contribution in [0.3, 0.4) is 0 Å². The fraction of sp³-hybridized carbons (Fsp3) is 0.133. The molecule has 0 spiro atoms. The smallest absolute Gasteiger partial charge is 0.173 e. The third kappa shape index (κ3) is 3.29. The van der Waals surface area contributed by atoms with Crippen LogP contribution >= 0.6 is 0 Å². The Balaban J connectivity index is 2.21. The van der Waals surface area contributed by atoms with E-state index in [2.05, 4.69) is 5.16 Å². The molecule has 2 aromatic rings. The molecule has 0 aliphatic rings. The molecule has 0 aromatic heterocycles. The summed E-state index contributed by atoms with van der Waals surface area (Å²) in [4.78, 5) is 0. The van der Waals surface area contributed by atoms with Gasteiger partial charge in [0.05, 0.1) is 12.2 Å². The van der Waals surface area contributed by atoms with E-state index in [4.69, 9.17) is 15.7 Å². The third-order valence-electron chi connectivity index (χ3n) is 2.99. The molecule has 0 aliphatic heterocycles. The van der Waals surface area contributed by atoms with Crippen LogP contribution in [0.1, 0.15) is 16.7 Å². The highest BCUT2D eigenvalue weighted by atomic mass is 19.1. The van der Waals surface area contributed by atoms with Gasteiger partial charge in [-0.2, -0.15) is 0 Å². The molecule has 110 valence electrons. The molecular weight excluding hydrogens is 275 g/mol. The van der Waals surface area contributed by atoms with Crippen LogP contribution in [-0.2, 0) is 13.2 Å². The molecule has 0 amide bonds. The van der Waals surface area contributed by atoms with Crippen molar-refractivity contribution < 1.29 is 19.4 Å². The number of amidine groups is 1. The van der Waals surface area contributed by atoms with Crippen LogP contribution in [-0.4, -0.2) is 16.1 Å². The minimum Gasteiger partial charge on any atom is -0.488 e. The van der Waals surface area contributed by atoms with Crippen LogP contribution in [0.25, 0.3) is 0 Å². The van der Waals surface area contributed by atoms with Gasteiger partial charge in [-0.05, 0) is 12.1 Å². The number of nitrogens with zero attached hydrogens (tertiary/aromatic N) is 1. The monoisotopic (exact) mass is 290 g/mol. The quantitative estimate of drug-likeness (QED) is 0.340. The minimum absolute atomic E-state index is 0.00837. The minimum atomic E-state index is -0.603. The average Bonchev–Trinajstić information content (AvgIpc) is 2.53. The molecule has 5 nitrogen and oxygen atoms in total. The molecule has 0 heterocycles. The van der Waals surface area contributed by atoms with Crippen molar-refractivity contribution in [2.24, 2.45) is 10.9 Å². The van der Waals surface area contributed by atoms with Gasteiger partial charge in [0.1, 0.15) is 18.2 Å². The first-order valence-corrected chi connectivity index (χ1v) is 6.24. The molecule has 0 aliphatic carbocycles. The second-order valence-corrected chi connectivity index (χ2v) is 4.32. The number of oxime groups is 1. The Morgan fingerprint density at radius 1 is 1.14 bits per heavy atom. The number of nitrogens with two attached hydrogens (primary N) is 1. The van der Waals surface area contributed by atoms with E-state index in [1.165, 1.54) is 6.07 Å². The van der Waals surface area contributed by atoms with E-state index >= 15 is 0 Å². The number of halogens is 1. The van der Waals surface area contributed by atoms with E-state index < -0.39 is 5.82 Å². The molecule has 0 saturated carbocycles. The first kappa shape index (κ1) is 14.8. The maximum absolute atomic E-state index is 14.2. The number of aliphatic hydroxyl groups is 1. The molecule has 0 atom stereocenters. The molecule has 2 aromatic carbocycles. The summed E-state index contributed by atoms with van der Waals surface area (Å²) in [6, 6.07) is 11.5. The normalized spacial score (nSPS) is 11.4. The molecule has 0 radical (unpaired) electrons. The number of aliphatic hydroxyl groups excluding tert-OH is 1. The average molecular weight is 290 g/mol. The van der Waals surface area contributed by atoms with Crippen molar-refractivity contribution in [2.75, 3.05) is 0 Å². The van der Waals surface area contributed by atoms with E-state index in [-0.39, 0.29) is 30.2 Å². The van der Waals surface area contributed by atoms with Crippen molar-refractivity contribution in [3.8, 4) is 5.75 Å². The lowest BCUT2D eigenvalue weighted by atomic mass is 10.1. The summed E-state index contributed by atoms with van der Waals surface area (Å²) in [5.41, 5.74) is 6.30. The van der Waals surface area contributed by atoms with Gasteiger partial charge in [0.25, 0.3) is 0 Å². The van der Waals surface area contributed by atoms with Gasteiger partial charge in [-0.3, -0.25) is 0 Å². The topological polar surface area (TPSA) is 88.1 Å². The maximum atomic E-state index is 14.2. The SMILES string of the molecule is N/C(=N/O)c1cccc(COc2ccccc2CO)c1F. The third-order valence-corrected chi connectivity index (χ3v) is 2.99. The lowest BCUT2D eigenvalue weighted by Gasteiger charge is -2.11. The zero-order valence-corrected chi connectivity index (χ0v) is 11.2. The van der Waals surface area contributed by atoms with Crippen molar-refractivity contribution >= 4 is 5.84 Å². The predicted molar refractivity (Wildman–Crippen MR) is 75.6 cm³/mol. The fourth-order valence-corrected chi connectivity index (χ4v) is 1.87. The van der Waals surface area contributed by atoms with Crippen LogP contribution in [0, 0.1) is 5.82 Å². The van der Waals surface area contributed by atoms with E-state index in [1.54, 1.807) is 36.4 Å². The summed E-state index contributed by atoms with van der Waals surface area (Å²) in [6.45, 7) is -0.196. The summed E-state index contributed by atoms with van der Waals surface area (Å²) in [5, 5.41) is 20.6. The Morgan fingerprint density at radius 3 is 2.57 bits per heavy atom. The van der Waals surface area contributed by atoms with Gasteiger partial charge in [0.2, 0.25) is 0 Å². The number of ether oxygens (including phenoxy) is 1. The van der Waals surface area contributed by atoms with E-state index in [0.29, 0.717) is 11.3 Å². The Bertz CT molecular complexity index is 659. The molecule has 0 bridgehead atoms. The Hall–Kier alpha value is -2.60. The predicted octanol–water partition coefficient (Wildman–Crippen LogP) is 1.99. The van der Waals surface area contributed by atoms with Crippen LogP contribution in [0.5, 0.6) is 5.75 Å². The van der Waals surface area contributed by atoms with Crippen molar-refractivity contribution in [3.63, 3.8) is 0 Å². The van der Waals surface area contributed by atoms with E-state index in [1.807, 2.05) is 0 Å². The van der Waals surface area contributed by atoms with Gasteiger partial charge in [0, 0.05) is 11.1 Å². The molecule has 0 fully saturated rings. The van der Waals surface area contributed by atoms with Crippen molar-refractivity contribution in [1.29, 1.82) is 0 Å². The van der Waals surface area contributed by atoms with Crippen LogP contribution in [0.4, 0.5) is 4.39 Å². The molecule has 6 heteroatoms. The second-order valence-electron chi connectivity index (χ2n) is 4.32. The molecule has 0 unspecified atom stereocenters. The standard InChI is InChI=1S/C15H15FN2O3/c16-14-11(5-3-6-12(14)15(17)18-20)9-21-13-7-2-1-4-10(13)8-19/h1-7,19-20H,8-9H2,(H2,17,18). The van der Waals surface area contributed by atoms with Gasteiger partial charge in [-0.15, -0.1) is 0 Å². The van der Waals surface area contributed by atoms with E-state index in [0.717, 1.165) is 0 Å². The number of para-hydroxylation sites is 1. The number of hydrogen-bond donors (Lipinski definition) is 3. The lowest BCUT2D eigenvalue weighted by Crippen LogP contribution is -2.16. The molecule has 4 N–H and O–H groups in total. The largest absolute Gasteiger partial charge is 0.488 e. The van der Waals surface area contributed by atoms with Crippen molar-refractivity contribution in [3.05, 3.63) is 65.0 Å². The molecular formula is C15H15FN2O3. The number of benzene rings is 2. The van der Waals surface area contributed by atoms with Gasteiger partial charge in [0.15, 0.2) is 5.84 Å². The molecule has 2 rings (SSSR count). The summed E-state index contributed by atoms with van der Waals surface area (Å²) in [5.74, 6) is -0.423. The Labute approximate surface area is 121 Å². The first-order chi connectivity index (χ1) is 10.2. The zero-order valence-electron chi connectivity index (χ0n) is 11.2. The second kappa shape index (κ2) is 6.71. The summed E-state index contributed by atoms with van der Waals surface area (Å²) in [7, 11) is 0. The molecule has 0 saturated heterocycles. The summed E-state index contributed by atoms with van der Waals surface area (Å²) in [6.07, 6.45) is 0. The Morgan fingerprint density at radius 2 is 1.86 bits per heavy atom. The van der Waals surface area contributed by atoms with Crippen molar-refractivity contribution in [2.45, 2.75) is 13.2 Å². The maximum Gasteiger partial charge on any atom is 0.173 e. The number of rotatable bonds is 5. The fourth-order valence-electron chi connectivity index (χ4n) is 1.87. The Kier molecular flexibility index (Phi) is 4.73. The van der Waals surface area contributed by atoms with Gasteiger partial charge < -0.3 is 20.8 Å². The summed E-state index contributed by atoms with van der Waals surface area (Å²) < 4.78 is 19.7. The highest BCUT2D eigenvalue weighted by Crippen LogP contribution is 2.21. The highest BCUT2D eigenvalue weighted by Gasteiger charge is 2.12. The van der Waals surface area contributed by atoms with Gasteiger partial charge in [-0.25, -0.2) is 4.39 Å². The van der Waals surface area contributed by atoms with Crippen LogP contribution in [0.2, 0.25) is 0 Å². The lowest BCUT2D eigenvalue weighted by molar-refractivity contribution is 0.257. The van der Waals surface area contributed by atoms with Gasteiger partial charge in [-0.1, -0.05) is 35.5 Å². The van der Waals surface area contributed by atoms with E-state index in [9.17, 15) is 9.50 Å². The van der Waals surface area contributed by atoms with Crippen molar-refractivity contribution in [1.82, 2.24) is 0 Å². The zero-order chi connectivity index (χ0) is 15.2. The van der Waals surface area contributed by atoms with Crippen LogP contribution in [0.15, 0.2) is 47.6 Å². The summed E-state index contributed by atoms with van der Waals surface area (Å²) >= 11 is 0. The first-order valence-electron chi connectivity index (χ1n) is 6.24. The highest BCUT2D eigenvalue weighted by molar-refractivity contribution is 5.97. The van der Waals surface area contributed by atoms with Crippen LogP contribution < -0.4 is 10.5 Å². The molecule has 21 heavy (non-hydrogen) atoms. The number of hydrogen-bond acceptors (Lipinski definition) is 4. The van der Waals surface area contributed by atoms with Gasteiger partial charge >= 0.3 is 0 Å².